The topological polar surface area (TPSA) is 47.3 Å². The first-order valence-electron chi connectivity index (χ1n) is 6.05. The van der Waals surface area contributed by atoms with Crippen molar-refractivity contribution in [2.24, 2.45) is 0 Å². The molecule has 1 aliphatic rings. The minimum Gasteiger partial charge on any atom is -0.492 e. The van der Waals surface area contributed by atoms with Crippen LogP contribution in [0.2, 0.25) is 0 Å². The minimum atomic E-state index is 0.488. The highest BCUT2D eigenvalue weighted by molar-refractivity contribution is 5.74. The van der Waals surface area contributed by atoms with E-state index in [1.807, 2.05) is 25.1 Å². The maximum Gasteiger partial charge on any atom is 0.192 e. The zero-order chi connectivity index (χ0) is 11.7. The summed E-state index contributed by atoms with van der Waals surface area (Å²) in [6.07, 6.45) is 2.44. The Hall–Kier alpha value is -1.55. The van der Waals surface area contributed by atoms with Gasteiger partial charge in [-0.15, -0.1) is 0 Å². The van der Waals surface area contributed by atoms with Gasteiger partial charge in [-0.05, 0) is 31.5 Å². The van der Waals surface area contributed by atoms with Crippen LogP contribution in [0.5, 0.6) is 5.75 Å². The highest BCUT2D eigenvalue weighted by Crippen LogP contribution is 2.21. The lowest BCUT2D eigenvalue weighted by atomic mass is 10.2. The Balaban J connectivity index is 1.71. The van der Waals surface area contributed by atoms with Crippen LogP contribution in [0.25, 0.3) is 11.1 Å². The average Bonchev–Trinajstić information content (AvgIpc) is 2.92. The number of ether oxygens (including phenoxy) is 1. The van der Waals surface area contributed by atoms with E-state index in [1.54, 1.807) is 0 Å². The molecule has 0 radical (unpaired) electrons. The van der Waals surface area contributed by atoms with Gasteiger partial charge in [-0.1, -0.05) is 0 Å². The van der Waals surface area contributed by atoms with Crippen LogP contribution in [0.3, 0.4) is 0 Å². The van der Waals surface area contributed by atoms with Crippen molar-refractivity contribution in [2.45, 2.75) is 25.8 Å². The SMILES string of the molecule is Cc1nc2ccc(OCC3CCCN3)cc2o1. The van der Waals surface area contributed by atoms with E-state index in [9.17, 15) is 0 Å². The van der Waals surface area contributed by atoms with Crippen LogP contribution < -0.4 is 10.1 Å². The number of oxazole rings is 1. The molecule has 1 unspecified atom stereocenters. The predicted molar refractivity (Wildman–Crippen MR) is 65.3 cm³/mol. The van der Waals surface area contributed by atoms with Crippen molar-refractivity contribution in [1.29, 1.82) is 0 Å². The minimum absolute atomic E-state index is 0.488. The zero-order valence-electron chi connectivity index (χ0n) is 9.90. The highest BCUT2D eigenvalue weighted by atomic mass is 16.5. The molecule has 0 bridgehead atoms. The Labute approximate surface area is 100.0 Å². The van der Waals surface area contributed by atoms with Gasteiger partial charge in [0.2, 0.25) is 0 Å². The molecule has 90 valence electrons. The zero-order valence-corrected chi connectivity index (χ0v) is 9.90. The Bertz CT molecular complexity index is 515. The molecule has 1 fully saturated rings. The Morgan fingerprint density at radius 2 is 2.47 bits per heavy atom. The van der Waals surface area contributed by atoms with Crippen LogP contribution in [0.1, 0.15) is 18.7 Å². The summed E-state index contributed by atoms with van der Waals surface area (Å²) in [6, 6.07) is 6.27. The van der Waals surface area contributed by atoms with Gasteiger partial charge in [0.15, 0.2) is 11.5 Å². The quantitative estimate of drug-likeness (QED) is 0.881. The summed E-state index contributed by atoms with van der Waals surface area (Å²) < 4.78 is 11.2. The second-order valence-electron chi connectivity index (χ2n) is 4.47. The molecule has 1 saturated heterocycles. The summed E-state index contributed by atoms with van der Waals surface area (Å²) >= 11 is 0. The van der Waals surface area contributed by atoms with E-state index in [4.69, 9.17) is 9.15 Å². The second-order valence-corrected chi connectivity index (χ2v) is 4.47. The molecule has 0 amide bonds. The van der Waals surface area contributed by atoms with E-state index in [1.165, 1.54) is 12.8 Å². The normalized spacial score (nSPS) is 19.9. The molecule has 2 aromatic rings. The lowest BCUT2D eigenvalue weighted by Crippen LogP contribution is -2.28. The third-order valence-electron chi connectivity index (χ3n) is 3.08. The van der Waals surface area contributed by atoms with Crippen LogP contribution in [-0.4, -0.2) is 24.2 Å². The van der Waals surface area contributed by atoms with Gasteiger partial charge in [0.05, 0.1) is 0 Å². The first-order valence-corrected chi connectivity index (χ1v) is 6.05. The van der Waals surface area contributed by atoms with Crippen LogP contribution in [0, 0.1) is 6.92 Å². The molecule has 0 aliphatic carbocycles. The molecule has 2 heterocycles. The average molecular weight is 232 g/mol. The van der Waals surface area contributed by atoms with Crippen molar-refractivity contribution < 1.29 is 9.15 Å². The summed E-state index contributed by atoms with van der Waals surface area (Å²) in [7, 11) is 0. The fourth-order valence-electron chi connectivity index (χ4n) is 2.21. The third kappa shape index (κ3) is 2.26. The van der Waals surface area contributed by atoms with Gasteiger partial charge in [0.25, 0.3) is 0 Å². The standard InChI is InChI=1S/C13H16N2O2/c1-9-15-12-5-4-11(7-13(12)17-9)16-8-10-3-2-6-14-10/h4-5,7,10,14H,2-3,6,8H2,1H3. The van der Waals surface area contributed by atoms with Crippen molar-refractivity contribution >= 4 is 11.1 Å². The molecule has 4 nitrogen and oxygen atoms in total. The third-order valence-corrected chi connectivity index (χ3v) is 3.08. The van der Waals surface area contributed by atoms with Gasteiger partial charge < -0.3 is 14.5 Å². The van der Waals surface area contributed by atoms with Gasteiger partial charge in [-0.2, -0.15) is 0 Å². The molecule has 3 rings (SSSR count). The van der Waals surface area contributed by atoms with E-state index in [2.05, 4.69) is 10.3 Å². The van der Waals surface area contributed by atoms with E-state index < -0.39 is 0 Å². The van der Waals surface area contributed by atoms with E-state index in [0.717, 1.165) is 30.0 Å². The van der Waals surface area contributed by atoms with Gasteiger partial charge in [0, 0.05) is 19.0 Å². The summed E-state index contributed by atoms with van der Waals surface area (Å²) in [5, 5.41) is 3.41. The monoisotopic (exact) mass is 232 g/mol. The van der Waals surface area contributed by atoms with Crippen LogP contribution in [-0.2, 0) is 0 Å². The van der Waals surface area contributed by atoms with Crippen molar-refractivity contribution in [3.63, 3.8) is 0 Å². The smallest absolute Gasteiger partial charge is 0.192 e. The number of benzene rings is 1. The van der Waals surface area contributed by atoms with Crippen LogP contribution in [0.4, 0.5) is 0 Å². The molecule has 1 atom stereocenters. The molecule has 17 heavy (non-hydrogen) atoms. The number of hydrogen-bond acceptors (Lipinski definition) is 4. The summed E-state index contributed by atoms with van der Waals surface area (Å²) in [5.74, 6) is 1.54. The summed E-state index contributed by atoms with van der Waals surface area (Å²) in [4.78, 5) is 4.26. The summed E-state index contributed by atoms with van der Waals surface area (Å²) in [6.45, 7) is 3.68. The molecular weight excluding hydrogens is 216 g/mol. The molecule has 0 spiro atoms. The molecule has 4 heteroatoms. The fraction of sp³-hybridized carbons (Fsp3) is 0.462. The predicted octanol–water partition coefficient (Wildman–Crippen LogP) is 2.27. The first kappa shape index (κ1) is 10.6. The van der Waals surface area contributed by atoms with Crippen LogP contribution >= 0.6 is 0 Å². The van der Waals surface area contributed by atoms with E-state index in [0.29, 0.717) is 11.9 Å². The lowest BCUT2D eigenvalue weighted by Gasteiger charge is -2.11. The number of rotatable bonds is 3. The Morgan fingerprint density at radius 3 is 3.29 bits per heavy atom. The highest BCUT2D eigenvalue weighted by Gasteiger charge is 2.14. The van der Waals surface area contributed by atoms with Crippen molar-refractivity contribution in [1.82, 2.24) is 10.3 Å². The fourth-order valence-corrected chi connectivity index (χ4v) is 2.21. The molecule has 1 N–H and O–H groups in total. The number of nitrogens with zero attached hydrogens (tertiary/aromatic N) is 1. The number of aryl methyl sites for hydroxylation is 1. The number of aromatic nitrogens is 1. The largest absolute Gasteiger partial charge is 0.492 e. The maximum atomic E-state index is 5.76. The Kier molecular flexibility index (Phi) is 2.73. The lowest BCUT2D eigenvalue weighted by molar-refractivity contribution is 0.277. The van der Waals surface area contributed by atoms with Crippen molar-refractivity contribution in [3.05, 3.63) is 24.1 Å². The number of hydrogen-bond donors (Lipinski definition) is 1. The molecule has 1 aromatic heterocycles. The van der Waals surface area contributed by atoms with E-state index in [-0.39, 0.29) is 0 Å². The van der Waals surface area contributed by atoms with Crippen LogP contribution in [0.15, 0.2) is 22.6 Å². The van der Waals surface area contributed by atoms with Gasteiger partial charge in [0.1, 0.15) is 17.9 Å². The van der Waals surface area contributed by atoms with Gasteiger partial charge in [-0.3, -0.25) is 0 Å². The first-order chi connectivity index (χ1) is 8.31. The maximum absolute atomic E-state index is 5.76. The molecule has 1 aliphatic heterocycles. The summed E-state index contributed by atoms with van der Waals surface area (Å²) in [5.41, 5.74) is 1.67. The molecule has 0 saturated carbocycles. The number of fused-ring (bicyclic) bond motifs is 1. The number of nitrogens with one attached hydrogen (secondary N) is 1. The van der Waals surface area contributed by atoms with Gasteiger partial charge >= 0.3 is 0 Å². The molecular formula is C13H16N2O2. The van der Waals surface area contributed by atoms with E-state index >= 15 is 0 Å². The van der Waals surface area contributed by atoms with Gasteiger partial charge in [-0.25, -0.2) is 4.98 Å². The Morgan fingerprint density at radius 1 is 1.53 bits per heavy atom. The van der Waals surface area contributed by atoms with Crippen molar-refractivity contribution in [2.75, 3.05) is 13.2 Å². The second kappa shape index (κ2) is 4.37. The van der Waals surface area contributed by atoms with Crippen molar-refractivity contribution in [3.8, 4) is 5.75 Å². The molecule has 1 aromatic carbocycles.